The zero-order valence-electron chi connectivity index (χ0n) is 6.22. The third-order valence-corrected chi connectivity index (χ3v) is 2.24. The summed E-state index contributed by atoms with van der Waals surface area (Å²) in [5, 5.41) is 0.453. The van der Waals surface area contributed by atoms with Crippen LogP contribution in [-0.4, -0.2) is 0 Å². The van der Waals surface area contributed by atoms with Gasteiger partial charge in [-0.15, -0.1) is 0 Å². The first-order valence-electron chi connectivity index (χ1n) is 3.28. The monoisotopic (exact) mass is 246 g/mol. The minimum atomic E-state index is 0.453. The fraction of sp³-hybridized carbons (Fsp3) is 0. The fourth-order valence-corrected chi connectivity index (χ4v) is 1.35. The lowest BCUT2D eigenvalue weighted by Gasteiger charge is -2.03. The van der Waals surface area contributed by atoms with Crippen LogP contribution in [0.1, 0.15) is 5.56 Å². The van der Waals surface area contributed by atoms with Crippen LogP contribution < -0.4 is 11.5 Å². The third kappa shape index (κ3) is 1.93. The number of nitrogen functional groups attached to an aromatic ring is 1. The number of halogens is 2. The van der Waals surface area contributed by atoms with Gasteiger partial charge in [-0.1, -0.05) is 27.5 Å². The highest BCUT2D eigenvalue weighted by atomic mass is 79.9. The van der Waals surface area contributed by atoms with Crippen molar-refractivity contribution >= 4 is 38.3 Å². The Kier molecular flexibility index (Phi) is 3.00. The topological polar surface area (TPSA) is 52.0 Å². The predicted octanol–water partition coefficient (Wildman–Crippen LogP) is 2.53. The summed E-state index contributed by atoms with van der Waals surface area (Å²) in [5.41, 5.74) is 12.3. The van der Waals surface area contributed by atoms with Gasteiger partial charge in [-0.25, -0.2) is 0 Å². The second-order valence-corrected chi connectivity index (χ2v) is 3.57. The molecule has 0 amide bonds. The van der Waals surface area contributed by atoms with E-state index in [0.29, 0.717) is 10.7 Å². The maximum Gasteiger partial charge on any atom is 0.0653 e. The van der Waals surface area contributed by atoms with Gasteiger partial charge in [0.2, 0.25) is 0 Å². The van der Waals surface area contributed by atoms with Gasteiger partial charge in [0, 0.05) is 21.9 Å². The summed E-state index contributed by atoms with van der Waals surface area (Å²) in [6.07, 6.45) is 1.32. The highest BCUT2D eigenvalue weighted by Crippen LogP contribution is 2.26. The van der Waals surface area contributed by atoms with Crippen molar-refractivity contribution in [3.63, 3.8) is 0 Å². The molecule has 0 unspecified atom stereocenters. The number of hydrogen-bond acceptors (Lipinski definition) is 2. The maximum absolute atomic E-state index is 5.80. The molecule has 0 radical (unpaired) electrons. The Bertz CT molecular complexity index is 323. The van der Waals surface area contributed by atoms with Crippen molar-refractivity contribution in [2.75, 3.05) is 5.73 Å². The lowest BCUT2D eigenvalue weighted by atomic mass is 10.2. The molecule has 0 saturated carbocycles. The summed E-state index contributed by atoms with van der Waals surface area (Å²) in [6, 6.07) is 5.44. The number of benzene rings is 1. The number of nitrogens with two attached hydrogens (primary N) is 2. The Hall–Kier alpha value is -0.670. The van der Waals surface area contributed by atoms with Gasteiger partial charge in [0.25, 0.3) is 0 Å². The largest absolute Gasteiger partial charge is 0.403 e. The molecule has 64 valence electrons. The Morgan fingerprint density at radius 2 is 2.17 bits per heavy atom. The zero-order chi connectivity index (χ0) is 9.14. The van der Waals surface area contributed by atoms with E-state index in [4.69, 9.17) is 23.1 Å². The second kappa shape index (κ2) is 3.83. The predicted molar refractivity (Wildman–Crippen MR) is 56.6 cm³/mol. The molecular weight excluding hydrogens is 239 g/mol. The van der Waals surface area contributed by atoms with Crippen LogP contribution in [0.4, 0.5) is 5.69 Å². The van der Waals surface area contributed by atoms with Crippen LogP contribution in [0.2, 0.25) is 0 Å². The SMILES string of the molecule is N/C=C(/Cl)c1cc(Br)ccc1N. The Morgan fingerprint density at radius 3 is 2.75 bits per heavy atom. The van der Waals surface area contributed by atoms with E-state index in [0.717, 1.165) is 10.0 Å². The molecule has 0 spiro atoms. The maximum atomic E-state index is 5.80. The molecule has 12 heavy (non-hydrogen) atoms. The third-order valence-electron chi connectivity index (χ3n) is 1.42. The minimum Gasteiger partial charge on any atom is -0.403 e. The van der Waals surface area contributed by atoms with Gasteiger partial charge < -0.3 is 11.5 Å². The molecule has 0 aliphatic heterocycles. The van der Waals surface area contributed by atoms with Gasteiger partial charge in [0.1, 0.15) is 0 Å². The molecule has 1 aromatic rings. The van der Waals surface area contributed by atoms with E-state index in [1.165, 1.54) is 6.20 Å². The van der Waals surface area contributed by atoms with Crippen LogP contribution in [0.3, 0.4) is 0 Å². The summed E-state index contributed by atoms with van der Waals surface area (Å²) >= 11 is 9.11. The van der Waals surface area contributed by atoms with E-state index in [1.54, 1.807) is 6.07 Å². The smallest absolute Gasteiger partial charge is 0.0653 e. The quantitative estimate of drug-likeness (QED) is 0.749. The highest BCUT2D eigenvalue weighted by Gasteiger charge is 2.02. The van der Waals surface area contributed by atoms with Crippen LogP contribution in [0.5, 0.6) is 0 Å². The van der Waals surface area contributed by atoms with Crippen LogP contribution in [-0.2, 0) is 0 Å². The molecule has 0 aliphatic rings. The number of rotatable bonds is 1. The Morgan fingerprint density at radius 1 is 1.50 bits per heavy atom. The molecule has 0 bridgehead atoms. The first-order valence-corrected chi connectivity index (χ1v) is 4.45. The van der Waals surface area contributed by atoms with Crippen molar-refractivity contribution in [2.45, 2.75) is 0 Å². The minimum absolute atomic E-state index is 0.453. The van der Waals surface area contributed by atoms with E-state index >= 15 is 0 Å². The lowest BCUT2D eigenvalue weighted by Crippen LogP contribution is -1.92. The molecule has 4 N–H and O–H groups in total. The van der Waals surface area contributed by atoms with Crippen LogP contribution in [0, 0.1) is 0 Å². The van der Waals surface area contributed by atoms with Gasteiger partial charge in [0.15, 0.2) is 0 Å². The molecule has 0 aliphatic carbocycles. The van der Waals surface area contributed by atoms with Crippen molar-refractivity contribution < 1.29 is 0 Å². The molecular formula is C8H8BrClN2. The molecule has 1 aromatic carbocycles. The first-order chi connectivity index (χ1) is 5.65. The summed E-state index contributed by atoms with van der Waals surface area (Å²) in [6.45, 7) is 0. The number of anilines is 1. The van der Waals surface area contributed by atoms with Gasteiger partial charge in [-0.3, -0.25) is 0 Å². The van der Waals surface area contributed by atoms with Crippen molar-refractivity contribution in [1.29, 1.82) is 0 Å². The fourth-order valence-electron chi connectivity index (χ4n) is 0.825. The average Bonchev–Trinajstić information content (AvgIpc) is 2.08. The Balaban J connectivity index is 3.23. The van der Waals surface area contributed by atoms with Crippen molar-refractivity contribution in [3.05, 3.63) is 34.4 Å². The van der Waals surface area contributed by atoms with Crippen LogP contribution >= 0.6 is 27.5 Å². The molecule has 2 nitrogen and oxygen atoms in total. The van der Waals surface area contributed by atoms with E-state index < -0.39 is 0 Å². The summed E-state index contributed by atoms with van der Waals surface area (Å²) in [7, 11) is 0. The van der Waals surface area contributed by atoms with E-state index in [1.807, 2.05) is 12.1 Å². The second-order valence-electron chi connectivity index (χ2n) is 2.25. The molecule has 0 atom stereocenters. The van der Waals surface area contributed by atoms with E-state index in [2.05, 4.69) is 15.9 Å². The molecule has 0 fully saturated rings. The molecule has 0 heterocycles. The summed E-state index contributed by atoms with van der Waals surface area (Å²) < 4.78 is 0.923. The normalized spacial score (nSPS) is 11.7. The lowest BCUT2D eigenvalue weighted by molar-refractivity contribution is 1.56. The van der Waals surface area contributed by atoms with Gasteiger partial charge >= 0.3 is 0 Å². The molecule has 4 heteroatoms. The first kappa shape index (κ1) is 9.42. The summed E-state index contributed by atoms with van der Waals surface area (Å²) in [5.74, 6) is 0. The van der Waals surface area contributed by atoms with Crippen LogP contribution in [0.25, 0.3) is 5.03 Å². The van der Waals surface area contributed by atoms with E-state index in [9.17, 15) is 0 Å². The van der Waals surface area contributed by atoms with Crippen molar-refractivity contribution in [2.24, 2.45) is 5.73 Å². The average molecular weight is 248 g/mol. The molecule has 0 saturated heterocycles. The van der Waals surface area contributed by atoms with Gasteiger partial charge in [0.05, 0.1) is 5.03 Å². The van der Waals surface area contributed by atoms with E-state index in [-0.39, 0.29) is 0 Å². The van der Waals surface area contributed by atoms with Crippen molar-refractivity contribution in [1.82, 2.24) is 0 Å². The van der Waals surface area contributed by atoms with Crippen LogP contribution in [0.15, 0.2) is 28.9 Å². The molecule has 1 rings (SSSR count). The number of hydrogen-bond donors (Lipinski definition) is 2. The van der Waals surface area contributed by atoms with Crippen molar-refractivity contribution in [3.8, 4) is 0 Å². The molecule has 0 aromatic heterocycles. The zero-order valence-corrected chi connectivity index (χ0v) is 8.56. The highest BCUT2D eigenvalue weighted by molar-refractivity contribution is 9.10. The summed E-state index contributed by atoms with van der Waals surface area (Å²) in [4.78, 5) is 0. The standard InChI is InChI=1S/C8H8BrClN2/c9-5-1-2-8(12)6(3-5)7(10)4-11/h1-4H,11-12H2/b7-4+. The van der Waals surface area contributed by atoms with Gasteiger partial charge in [-0.05, 0) is 18.2 Å². The Labute approximate surface area is 84.3 Å². The van der Waals surface area contributed by atoms with Gasteiger partial charge in [-0.2, -0.15) is 0 Å².